The van der Waals surface area contributed by atoms with Crippen molar-refractivity contribution in [2.45, 2.75) is 19.9 Å². The third kappa shape index (κ3) is 5.29. The van der Waals surface area contributed by atoms with Crippen LogP contribution in [0.5, 0.6) is 0 Å². The molecule has 0 fully saturated rings. The molecule has 0 aliphatic heterocycles. The molecule has 0 unspecified atom stereocenters. The Labute approximate surface area is 73.7 Å². The largest absolute Gasteiger partial charge is 0.380 e. The molecule has 5 heteroatoms. The third-order valence-corrected chi connectivity index (χ3v) is 2.33. The van der Waals surface area contributed by atoms with Crippen LogP contribution in [-0.4, -0.2) is 27.7 Å². The van der Waals surface area contributed by atoms with Crippen LogP contribution in [-0.2, 0) is 14.8 Å². The maximum absolute atomic E-state index is 10.9. The fourth-order valence-electron chi connectivity index (χ4n) is 0.657. The first kappa shape index (κ1) is 11.6. The summed E-state index contributed by atoms with van der Waals surface area (Å²) in [4.78, 5) is 0. The van der Waals surface area contributed by atoms with Crippen LogP contribution in [0.4, 0.5) is 0 Å². The van der Waals surface area contributed by atoms with Crippen LogP contribution in [0.2, 0.25) is 0 Å². The van der Waals surface area contributed by atoms with Crippen molar-refractivity contribution < 1.29 is 13.2 Å². The quantitative estimate of drug-likeness (QED) is 0.667. The number of hydrogen-bond donors (Lipinski definition) is 1. The Morgan fingerprint density at radius 2 is 2.25 bits per heavy atom. The van der Waals surface area contributed by atoms with E-state index in [1.165, 1.54) is 0 Å². The molecule has 0 saturated heterocycles. The molecule has 0 aromatic heterocycles. The highest BCUT2D eigenvalue weighted by molar-refractivity contribution is 7.92. The zero-order valence-electron chi connectivity index (χ0n) is 7.41. The maximum atomic E-state index is 10.9. The van der Waals surface area contributed by atoms with Gasteiger partial charge in [-0.15, -0.1) is 0 Å². The molecular formula is C7H15NO3S. The SMILES string of the molecule is C=CS(=O)(=O)N[C@@H](C)COCC. The Hall–Kier alpha value is -0.390. The molecule has 1 atom stereocenters. The van der Waals surface area contributed by atoms with Gasteiger partial charge in [0.2, 0.25) is 10.0 Å². The molecule has 0 aromatic carbocycles. The predicted molar refractivity (Wildman–Crippen MR) is 48.2 cm³/mol. The minimum Gasteiger partial charge on any atom is -0.380 e. The van der Waals surface area contributed by atoms with E-state index in [-0.39, 0.29) is 6.04 Å². The van der Waals surface area contributed by atoms with E-state index in [1.807, 2.05) is 6.92 Å². The van der Waals surface area contributed by atoms with E-state index in [0.717, 1.165) is 5.41 Å². The van der Waals surface area contributed by atoms with E-state index in [2.05, 4.69) is 11.3 Å². The molecule has 0 rings (SSSR count). The molecule has 0 radical (unpaired) electrons. The lowest BCUT2D eigenvalue weighted by Crippen LogP contribution is -2.34. The van der Waals surface area contributed by atoms with E-state index < -0.39 is 10.0 Å². The fraction of sp³-hybridized carbons (Fsp3) is 0.714. The molecule has 0 saturated carbocycles. The van der Waals surface area contributed by atoms with Crippen LogP contribution in [0.25, 0.3) is 0 Å². The van der Waals surface area contributed by atoms with Gasteiger partial charge >= 0.3 is 0 Å². The first-order valence-corrected chi connectivity index (χ1v) is 5.29. The van der Waals surface area contributed by atoms with E-state index in [4.69, 9.17) is 4.74 Å². The summed E-state index contributed by atoms with van der Waals surface area (Å²) >= 11 is 0. The number of hydrogen-bond acceptors (Lipinski definition) is 3. The van der Waals surface area contributed by atoms with Crippen molar-refractivity contribution in [2.24, 2.45) is 0 Å². The first-order chi connectivity index (χ1) is 5.52. The molecule has 0 aromatic rings. The molecule has 0 bridgehead atoms. The summed E-state index contributed by atoms with van der Waals surface area (Å²) in [6.07, 6.45) is 0. The van der Waals surface area contributed by atoms with E-state index >= 15 is 0 Å². The molecule has 1 N–H and O–H groups in total. The van der Waals surface area contributed by atoms with Crippen molar-refractivity contribution in [3.05, 3.63) is 12.0 Å². The van der Waals surface area contributed by atoms with Crippen LogP contribution < -0.4 is 4.72 Å². The van der Waals surface area contributed by atoms with Gasteiger partial charge in [-0.1, -0.05) is 6.58 Å². The fourth-order valence-corrected chi connectivity index (χ4v) is 1.38. The van der Waals surface area contributed by atoms with Crippen molar-refractivity contribution in [3.8, 4) is 0 Å². The van der Waals surface area contributed by atoms with E-state index in [0.29, 0.717) is 13.2 Å². The maximum Gasteiger partial charge on any atom is 0.233 e. The molecule has 72 valence electrons. The molecule has 4 nitrogen and oxygen atoms in total. The van der Waals surface area contributed by atoms with Crippen molar-refractivity contribution in [2.75, 3.05) is 13.2 Å². The minimum absolute atomic E-state index is 0.215. The summed E-state index contributed by atoms with van der Waals surface area (Å²) in [6, 6.07) is -0.215. The van der Waals surface area contributed by atoms with Crippen molar-refractivity contribution in [3.63, 3.8) is 0 Å². The van der Waals surface area contributed by atoms with Gasteiger partial charge in [0.25, 0.3) is 0 Å². The number of rotatable bonds is 6. The van der Waals surface area contributed by atoms with Gasteiger partial charge in [0.15, 0.2) is 0 Å². The van der Waals surface area contributed by atoms with E-state index in [1.54, 1.807) is 6.92 Å². The highest BCUT2D eigenvalue weighted by atomic mass is 32.2. The lowest BCUT2D eigenvalue weighted by molar-refractivity contribution is 0.133. The standard InChI is InChI=1S/C7H15NO3S/c1-4-11-6-7(3)8-12(9,10)5-2/h5,7-8H,2,4,6H2,1,3H3/t7-/m0/s1. The third-order valence-electron chi connectivity index (χ3n) is 1.16. The molecular weight excluding hydrogens is 178 g/mol. The van der Waals surface area contributed by atoms with Crippen molar-refractivity contribution in [1.82, 2.24) is 4.72 Å². The van der Waals surface area contributed by atoms with Crippen LogP contribution in [0, 0.1) is 0 Å². The summed E-state index contributed by atoms with van der Waals surface area (Å²) in [6.45, 7) is 7.73. The second-order valence-corrected chi connectivity index (χ2v) is 4.05. The monoisotopic (exact) mass is 193 g/mol. The molecule has 0 aliphatic rings. The number of nitrogens with one attached hydrogen (secondary N) is 1. The highest BCUT2D eigenvalue weighted by Crippen LogP contribution is 1.90. The zero-order valence-corrected chi connectivity index (χ0v) is 8.23. The van der Waals surface area contributed by atoms with Gasteiger partial charge in [-0.05, 0) is 13.8 Å². The Bertz CT molecular complexity index is 223. The Kier molecular flexibility index (Phi) is 5.12. The second-order valence-electron chi connectivity index (χ2n) is 2.39. The van der Waals surface area contributed by atoms with Crippen LogP contribution in [0.1, 0.15) is 13.8 Å². The summed E-state index contributed by atoms with van der Waals surface area (Å²) < 4.78 is 29.2. The van der Waals surface area contributed by atoms with Gasteiger partial charge in [-0.25, -0.2) is 13.1 Å². The topological polar surface area (TPSA) is 55.4 Å². The van der Waals surface area contributed by atoms with E-state index in [9.17, 15) is 8.42 Å². The molecule has 0 heterocycles. The van der Waals surface area contributed by atoms with Gasteiger partial charge in [0.05, 0.1) is 6.61 Å². The Morgan fingerprint density at radius 1 is 1.67 bits per heavy atom. The molecule has 0 amide bonds. The average Bonchev–Trinajstić information content (AvgIpc) is 2.00. The van der Waals surface area contributed by atoms with Gasteiger partial charge in [-0.2, -0.15) is 0 Å². The Balaban J connectivity index is 3.84. The van der Waals surface area contributed by atoms with Crippen molar-refractivity contribution >= 4 is 10.0 Å². The Morgan fingerprint density at radius 3 is 2.67 bits per heavy atom. The summed E-state index contributed by atoms with van der Waals surface area (Å²) in [5.41, 5.74) is 0. The van der Waals surface area contributed by atoms with Gasteiger partial charge < -0.3 is 4.74 Å². The number of sulfonamides is 1. The van der Waals surface area contributed by atoms with Gasteiger partial charge in [-0.3, -0.25) is 0 Å². The molecule has 12 heavy (non-hydrogen) atoms. The lowest BCUT2D eigenvalue weighted by Gasteiger charge is -2.11. The van der Waals surface area contributed by atoms with Gasteiger partial charge in [0.1, 0.15) is 0 Å². The first-order valence-electron chi connectivity index (χ1n) is 3.74. The smallest absolute Gasteiger partial charge is 0.233 e. The highest BCUT2D eigenvalue weighted by Gasteiger charge is 2.09. The summed E-state index contributed by atoms with van der Waals surface area (Å²) in [5, 5.41) is 0.884. The van der Waals surface area contributed by atoms with Crippen LogP contribution >= 0.6 is 0 Å². The predicted octanol–water partition coefficient (Wildman–Crippen LogP) is 0.474. The average molecular weight is 193 g/mol. The van der Waals surface area contributed by atoms with Crippen LogP contribution in [0.3, 0.4) is 0 Å². The molecule has 0 aliphatic carbocycles. The van der Waals surface area contributed by atoms with Crippen LogP contribution in [0.15, 0.2) is 12.0 Å². The number of ether oxygens (including phenoxy) is 1. The minimum atomic E-state index is -3.32. The normalized spacial score (nSPS) is 14.2. The van der Waals surface area contributed by atoms with Crippen molar-refractivity contribution in [1.29, 1.82) is 0 Å². The lowest BCUT2D eigenvalue weighted by atomic mass is 10.4. The zero-order chi connectivity index (χ0) is 9.61. The second kappa shape index (κ2) is 5.29. The van der Waals surface area contributed by atoms with Gasteiger partial charge in [0, 0.05) is 18.1 Å². The summed E-state index contributed by atoms with van der Waals surface area (Å²) in [7, 11) is -3.32. The molecule has 0 spiro atoms. The summed E-state index contributed by atoms with van der Waals surface area (Å²) in [5.74, 6) is 0.